The van der Waals surface area contributed by atoms with Crippen molar-refractivity contribution >= 4 is 57.5 Å². The van der Waals surface area contributed by atoms with Crippen LogP contribution in [0.3, 0.4) is 0 Å². The van der Waals surface area contributed by atoms with Crippen molar-refractivity contribution in [3.05, 3.63) is 112 Å². The highest BCUT2D eigenvalue weighted by Gasteiger charge is 2.33. The van der Waals surface area contributed by atoms with Crippen LogP contribution in [0.1, 0.15) is 103 Å². The molecule has 1 aliphatic heterocycles. The van der Waals surface area contributed by atoms with Crippen molar-refractivity contribution in [3.63, 3.8) is 0 Å². The number of fused-ring (bicyclic) bond motifs is 2. The van der Waals surface area contributed by atoms with Crippen LogP contribution >= 0.6 is 11.6 Å². The first-order valence-corrected chi connectivity index (χ1v) is 18.7. The summed E-state index contributed by atoms with van der Waals surface area (Å²) >= 11 is 6.28. The number of benzene rings is 4. The smallest absolute Gasteiger partial charge is 0.222 e. The summed E-state index contributed by atoms with van der Waals surface area (Å²) in [5.41, 5.74) is 5.07. The Labute approximate surface area is 305 Å². The lowest BCUT2D eigenvalue weighted by atomic mass is 9.83. The fraction of sp³-hybridized carbons (Fsp3) is 0.357. The number of halogens is 1. The van der Waals surface area contributed by atoms with Gasteiger partial charge in [0, 0.05) is 55.1 Å². The van der Waals surface area contributed by atoms with Gasteiger partial charge in [0.25, 0.3) is 0 Å². The summed E-state index contributed by atoms with van der Waals surface area (Å²) in [4.78, 5) is 43.7. The lowest BCUT2D eigenvalue weighted by Gasteiger charge is -2.36. The van der Waals surface area contributed by atoms with Crippen LogP contribution in [0.15, 0.2) is 95.2 Å². The van der Waals surface area contributed by atoms with Crippen LogP contribution < -0.4 is 10.2 Å². The van der Waals surface area contributed by atoms with Crippen molar-refractivity contribution in [1.82, 2.24) is 4.90 Å². The molecule has 51 heavy (non-hydrogen) atoms. The van der Waals surface area contributed by atoms with Crippen LogP contribution in [0.2, 0.25) is 5.02 Å². The second-order valence-corrected chi connectivity index (χ2v) is 13.8. The van der Waals surface area contributed by atoms with Crippen LogP contribution in [-0.4, -0.2) is 48.6 Å². The number of carbonyl (C=O) groups is 3. The third-order valence-electron chi connectivity index (χ3n) is 9.79. The standard InChI is InChI=1S/C42H46ClN5O3/c1-2-3-4-5-6-7-8-9-10-17-38(49)48-28-26-47(27-29-48)33-24-22-32(23-25-33)46-45-31-20-18-30(19-21-31)44-37-16-12-14-35-40(37)42(51)34-13-11-15-36(43)39(34)41(35)50/h11-16,18-25,44H,2-10,17,26-29H2,1H3. The van der Waals surface area contributed by atoms with Gasteiger partial charge in [-0.2, -0.15) is 10.2 Å². The molecule has 264 valence electrons. The van der Waals surface area contributed by atoms with Gasteiger partial charge in [-0.05, 0) is 67.1 Å². The summed E-state index contributed by atoms with van der Waals surface area (Å²) < 4.78 is 0. The van der Waals surface area contributed by atoms with Gasteiger partial charge < -0.3 is 15.1 Å². The molecule has 0 unspecified atom stereocenters. The first kappa shape index (κ1) is 36.0. The van der Waals surface area contributed by atoms with Crippen molar-refractivity contribution in [2.24, 2.45) is 10.2 Å². The molecule has 8 nitrogen and oxygen atoms in total. The van der Waals surface area contributed by atoms with E-state index in [2.05, 4.69) is 39.5 Å². The van der Waals surface area contributed by atoms with E-state index in [0.29, 0.717) is 40.4 Å². The summed E-state index contributed by atoms with van der Waals surface area (Å²) in [5.74, 6) is -0.204. The lowest BCUT2D eigenvalue weighted by molar-refractivity contribution is -0.131. The van der Waals surface area contributed by atoms with Crippen molar-refractivity contribution < 1.29 is 14.4 Å². The zero-order chi connectivity index (χ0) is 35.6. The highest BCUT2D eigenvalue weighted by Crippen LogP contribution is 2.36. The molecular weight excluding hydrogens is 658 g/mol. The largest absolute Gasteiger partial charge is 0.368 e. The number of nitrogens with zero attached hydrogens (tertiary/aromatic N) is 4. The van der Waals surface area contributed by atoms with Crippen LogP contribution in [0.25, 0.3) is 0 Å². The molecule has 2 aliphatic rings. The fourth-order valence-corrected chi connectivity index (χ4v) is 7.14. The Kier molecular flexibility index (Phi) is 12.3. The first-order chi connectivity index (χ1) is 24.9. The Bertz CT molecular complexity index is 1860. The van der Waals surface area contributed by atoms with E-state index in [0.717, 1.165) is 56.1 Å². The van der Waals surface area contributed by atoms with Gasteiger partial charge in [-0.15, -0.1) is 0 Å². The summed E-state index contributed by atoms with van der Waals surface area (Å²) in [6, 6.07) is 25.6. The molecule has 0 atom stereocenters. The molecule has 1 N–H and O–H groups in total. The lowest BCUT2D eigenvalue weighted by Crippen LogP contribution is -2.48. The molecule has 9 heteroatoms. The Morgan fingerprint density at radius 1 is 0.667 bits per heavy atom. The van der Waals surface area contributed by atoms with E-state index in [1.165, 1.54) is 44.9 Å². The molecule has 0 aromatic heterocycles. The van der Waals surface area contributed by atoms with Gasteiger partial charge in [0.15, 0.2) is 11.6 Å². The predicted octanol–water partition coefficient (Wildman–Crippen LogP) is 10.8. The minimum absolute atomic E-state index is 0.237. The number of ketones is 2. The maximum atomic E-state index is 13.4. The van der Waals surface area contributed by atoms with Gasteiger partial charge in [0.05, 0.1) is 33.2 Å². The average Bonchev–Trinajstić information content (AvgIpc) is 3.16. The molecule has 4 aromatic rings. The summed E-state index contributed by atoms with van der Waals surface area (Å²) in [7, 11) is 0. The zero-order valence-corrected chi connectivity index (χ0v) is 30.1. The fourth-order valence-electron chi connectivity index (χ4n) is 6.88. The molecule has 1 aliphatic carbocycles. The highest BCUT2D eigenvalue weighted by molar-refractivity contribution is 6.39. The molecule has 0 saturated carbocycles. The number of amides is 1. The van der Waals surface area contributed by atoms with E-state index in [1.54, 1.807) is 36.4 Å². The second-order valence-electron chi connectivity index (χ2n) is 13.4. The van der Waals surface area contributed by atoms with Gasteiger partial charge in [-0.25, -0.2) is 0 Å². The van der Waals surface area contributed by atoms with Gasteiger partial charge in [-0.1, -0.05) is 94.2 Å². The number of carbonyl (C=O) groups excluding carboxylic acids is 3. The Balaban J connectivity index is 0.962. The SMILES string of the molecule is CCCCCCCCCCCC(=O)N1CCN(c2ccc(N=Nc3ccc(Nc4cccc5c4C(=O)c4cccc(Cl)c4C5=O)cc3)cc2)CC1. The molecule has 0 bridgehead atoms. The number of piperazine rings is 1. The van der Waals surface area contributed by atoms with Gasteiger partial charge >= 0.3 is 0 Å². The van der Waals surface area contributed by atoms with Crippen LogP contribution in [-0.2, 0) is 4.79 Å². The van der Waals surface area contributed by atoms with Crippen molar-refractivity contribution in [2.45, 2.75) is 71.1 Å². The van der Waals surface area contributed by atoms with Gasteiger partial charge in [-0.3, -0.25) is 14.4 Å². The molecule has 1 amide bonds. The third kappa shape index (κ3) is 8.92. The molecule has 0 radical (unpaired) electrons. The molecule has 4 aromatic carbocycles. The van der Waals surface area contributed by atoms with E-state index < -0.39 is 0 Å². The van der Waals surface area contributed by atoms with E-state index >= 15 is 0 Å². The van der Waals surface area contributed by atoms with Crippen molar-refractivity contribution in [1.29, 1.82) is 0 Å². The number of anilines is 3. The Morgan fingerprint density at radius 3 is 1.86 bits per heavy atom. The zero-order valence-electron chi connectivity index (χ0n) is 29.4. The maximum Gasteiger partial charge on any atom is 0.222 e. The Hall–Kier alpha value is -4.82. The molecule has 0 spiro atoms. The topological polar surface area (TPSA) is 94.4 Å². The van der Waals surface area contributed by atoms with E-state index in [4.69, 9.17) is 11.6 Å². The monoisotopic (exact) mass is 703 g/mol. The van der Waals surface area contributed by atoms with E-state index in [9.17, 15) is 14.4 Å². The minimum Gasteiger partial charge on any atom is -0.368 e. The van der Waals surface area contributed by atoms with Crippen LogP contribution in [0.5, 0.6) is 0 Å². The number of hydrogen-bond acceptors (Lipinski definition) is 7. The molecule has 1 fully saturated rings. The summed E-state index contributed by atoms with van der Waals surface area (Å²) in [6.07, 6.45) is 12.0. The van der Waals surface area contributed by atoms with Gasteiger partial charge in [0.1, 0.15) is 0 Å². The van der Waals surface area contributed by atoms with Crippen LogP contribution in [0.4, 0.5) is 28.4 Å². The first-order valence-electron chi connectivity index (χ1n) is 18.4. The minimum atomic E-state index is -0.258. The van der Waals surface area contributed by atoms with Crippen molar-refractivity contribution in [2.75, 3.05) is 36.4 Å². The number of unbranched alkanes of at least 4 members (excludes halogenated alkanes) is 8. The second kappa shape index (κ2) is 17.4. The quantitative estimate of drug-likeness (QED) is 0.0865. The average molecular weight is 704 g/mol. The summed E-state index contributed by atoms with van der Waals surface area (Å²) in [5, 5.41) is 12.4. The highest BCUT2D eigenvalue weighted by atomic mass is 35.5. The van der Waals surface area contributed by atoms with E-state index in [1.807, 2.05) is 41.3 Å². The molecule has 6 rings (SSSR count). The normalized spacial score (nSPS) is 14.2. The number of hydrogen-bond donors (Lipinski definition) is 1. The molecular formula is C42H46ClN5O3. The predicted molar refractivity (Wildman–Crippen MR) is 206 cm³/mol. The van der Waals surface area contributed by atoms with E-state index in [-0.39, 0.29) is 22.2 Å². The number of rotatable bonds is 15. The van der Waals surface area contributed by atoms with Gasteiger partial charge in [0.2, 0.25) is 5.91 Å². The van der Waals surface area contributed by atoms with Crippen molar-refractivity contribution in [3.8, 4) is 0 Å². The maximum absolute atomic E-state index is 13.4. The molecule has 1 heterocycles. The molecule has 1 saturated heterocycles. The third-order valence-corrected chi connectivity index (χ3v) is 10.1. The number of nitrogens with one attached hydrogen (secondary N) is 1. The Morgan fingerprint density at radius 2 is 1.22 bits per heavy atom. The number of azo groups is 1. The van der Waals surface area contributed by atoms with Crippen LogP contribution in [0, 0.1) is 0 Å². The summed E-state index contributed by atoms with van der Waals surface area (Å²) in [6.45, 7) is 5.41.